The smallest absolute Gasteiger partial charge is 0.305 e. The van der Waals surface area contributed by atoms with Crippen LogP contribution in [-0.4, -0.2) is 29.6 Å². The molecule has 1 unspecified atom stereocenters. The number of carbonyl (C=O) groups excluding carboxylic acids is 1. The summed E-state index contributed by atoms with van der Waals surface area (Å²) in [6.07, 6.45) is 2.20. The van der Waals surface area contributed by atoms with Gasteiger partial charge in [0.1, 0.15) is 5.75 Å². The van der Waals surface area contributed by atoms with Crippen molar-refractivity contribution in [3.05, 3.63) is 28.7 Å². The Bertz CT molecular complexity index is 499. The van der Waals surface area contributed by atoms with E-state index >= 15 is 0 Å². The van der Waals surface area contributed by atoms with Gasteiger partial charge in [0.05, 0.1) is 19.4 Å². The summed E-state index contributed by atoms with van der Waals surface area (Å²) < 4.78 is 6.44. The lowest BCUT2D eigenvalue weighted by atomic mass is 10.1. The summed E-state index contributed by atoms with van der Waals surface area (Å²) in [5.41, 5.74) is 0. The summed E-state index contributed by atoms with van der Waals surface area (Å²) in [5, 5.41) is 11.6. The maximum atomic E-state index is 11.8. The lowest BCUT2D eigenvalue weighted by molar-refractivity contribution is -0.137. The molecule has 0 radical (unpaired) electrons. The molecule has 1 aromatic rings. The van der Waals surface area contributed by atoms with Crippen molar-refractivity contribution >= 4 is 27.8 Å². The molecule has 2 N–H and O–H groups in total. The number of ether oxygens (including phenoxy) is 1. The van der Waals surface area contributed by atoms with Gasteiger partial charge < -0.3 is 15.2 Å². The molecule has 0 saturated heterocycles. The highest BCUT2D eigenvalue weighted by atomic mass is 79.9. The Kier molecular flexibility index (Phi) is 5.61. The third kappa shape index (κ3) is 5.75. The van der Waals surface area contributed by atoms with Crippen molar-refractivity contribution in [1.29, 1.82) is 0 Å². The Hall–Kier alpha value is -1.56. The summed E-state index contributed by atoms with van der Waals surface area (Å²) in [5.74, 6) is -0.0173. The molecule has 1 fully saturated rings. The van der Waals surface area contributed by atoms with Crippen molar-refractivity contribution in [2.45, 2.75) is 31.7 Å². The fourth-order valence-corrected chi connectivity index (χ4v) is 2.36. The summed E-state index contributed by atoms with van der Waals surface area (Å²) in [6.45, 7) is 0.276. The van der Waals surface area contributed by atoms with Crippen LogP contribution >= 0.6 is 15.9 Å². The number of hydrogen-bond donors (Lipinski definition) is 2. The van der Waals surface area contributed by atoms with Crippen LogP contribution in [0.1, 0.15) is 25.7 Å². The second-order valence-electron chi connectivity index (χ2n) is 5.16. The SMILES string of the molecule is O=C(O)CC(NC(=O)CCOc1ccc(Br)cc1)C1CC1. The zero-order valence-corrected chi connectivity index (χ0v) is 13.1. The predicted molar refractivity (Wildman–Crippen MR) is 81.2 cm³/mol. The average molecular weight is 356 g/mol. The standard InChI is InChI=1S/C15H18BrNO4/c16-11-3-5-12(6-4-11)21-8-7-14(18)17-13(9-15(19)20)10-1-2-10/h3-6,10,13H,1-2,7-9H2,(H,17,18)(H,19,20). The number of benzene rings is 1. The van der Waals surface area contributed by atoms with Crippen LogP contribution in [0, 0.1) is 5.92 Å². The number of halogens is 1. The molecule has 0 bridgehead atoms. The Balaban J connectivity index is 1.71. The second kappa shape index (κ2) is 7.45. The monoisotopic (exact) mass is 355 g/mol. The minimum atomic E-state index is -0.877. The molecule has 114 valence electrons. The summed E-state index contributed by atoms with van der Waals surface area (Å²) >= 11 is 3.34. The molecule has 21 heavy (non-hydrogen) atoms. The zero-order valence-electron chi connectivity index (χ0n) is 11.5. The number of amides is 1. The molecule has 0 aliphatic heterocycles. The van der Waals surface area contributed by atoms with Gasteiger partial charge in [-0.3, -0.25) is 9.59 Å². The first-order chi connectivity index (χ1) is 10.0. The van der Waals surface area contributed by atoms with E-state index in [2.05, 4.69) is 21.2 Å². The molecule has 0 heterocycles. The van der Waals surface area contributed by atoms with E-state index in [4.69, 9.17) is 9.84 Å². The van der Waals surface area contributed by atoms with Crippen molar-refractivity contribution < 1.29 is 19.4 Å². The van der Waals surface area contributed by atoms with Gasteiger partial charge in [-0.15, -0.1) is 0 Å². The van der Waals surface area contributed by atoms with E-state index in [0.29, 0.717) is 11.7 Å². The Labute approximate surface area is 131 Å². The normalized spacial score (nSPS) is 15.3. The molecule has 5 nitrogen and oxygen atoms in total. The van der Waals surface area contributed by atoms with Gasteiger partial charge in [-0.2, -0.15) is 0 Å². The Morgan fingerprint density at radius 2 is 2.00 bits per heavy atom. The van der Waals surface area contributed by atoms with Crippen LogP contribution in [0.15, 0.2) is 28.7 Å². The molecule has 1 aliphatic rings. The van der Waals surface area contributed by atoms with Crippen molar-refractivity contribution in [1.82, 2.24) is 5.32 Å². The largest absolute Gasteiger partial charge is 0.493 e. The summed E-state index contributed by atoms with van der Waals surface area (Å²) in [7, 11) is 0. The highest BCUT2D eigenvalue weighted by Gasteiger charge is 2.33. The molecule has 1 atom stereocenters. The number of rotatable bonds is 8. The van der Waals surface area contributed by atoms with E-state index in [1.54, 1.807) is 0 Å². The molecule has 0 aromatic heterocycles. The van der Waals surface area contributed by atoms with Crippen LogP contribution in [0.5, 0.6) is 5.75 Å². The number of nitrogens with one attached hydrogen (secondary N) is 1. The van der Waals surface area contributed by atoms with Crippen LogP contribution in [0.3, 0.4) is 0 Å². The van der Waals surface area contributed by atoms with Gasteiger partial charge in [-0.05, 0) is 43.0 Å². The summed E-state index contributed by atoms with van der Waals surface area (Å²) in [6, 6.07) is 7.12. The molecule has 6 heteroatoms. The van der Waals surface area contributed by atoms with Gasteiger partial charge in [0.25, 0.3) is 0 Å². The molecular weight excluding hydrogens is 338 g/mol. The van der Waals surface area contributed by atoms with Gasteiger partial charge in [0, 0.05) is 10.5 Å². The lowest BCUT2D eigenvalue weighted by Crippen LogP contribution is -2.38. The lowest BCUT2D eigenvalue weighted by Gasteiger charge is -2.16. The fraction of sp³-hybridized carbons (Fsp3) is 0.467. The van der Waals surface area contributed by atoms with Crippen molar-refractivity contribution in [2.24, 2.45) is 5.92 Å². The van der Waals surface area contributed by atoms with Crippen LogP contribution in [0.25, 0.3) is 0 Å². The number of aliphatic carboxylic acids is 1. The molecule has 1 amide bonds. The van der Waals surface area contributed by atoms with Crippen LogP contribution in [-0.2, 0) is 9.59 Å². The minimum Gasteiger partial charge on any atom is -0.493 e. The van der Waals surface area contributed by atoms with Gasteiger partial charge >= 0.3 is 5.97 Å². The Morgan fingerprint density at radius 3 is 2.57 bits per heavy atom. The topological polar surface area (TPSA) is 75.6 Å². The number of carbonyl (C=O) groups is 2. The van der Waals surface area contributed by atoms with E-state index in [0.717, 1.165) is 17.3 Å². The highest BCUT2D eigenvalue weighted by molar-refractivity contribution is 9.10. The van der Waals surface area contributed by atoms with Crippen molar-refractivity contribution in [3.8, 4) is 5.75 Å². The maximum Gasteiger partial charge on any atom is 0.305 e. The van der Waals surface area contributed by atoms with E-state index < -0.39 is 5.97 Å². The average Bonchev–Trinajstić information content (AvgIpc) is 3.24. The van der Waals surface area contributed by atoms with E-state index in [-0.39, 0.29) is 31.4 Å². The first kappa shape index (κ1) is 15.8. The first-order valence-corrected chi connectivity index (χ1v) is 7.73. The summed E-state index contributed by atoms with van der Waals surface area (Å²) in [4.78, 5) is 22.6. The van der Waals surface area contributed by atoms with E-state index in [1.807, 2.05) is 24.3 Å². The minimum absolute atomic E-state index is 0.00994. The van der Waals surface area contributed by atoms with Crippen LogP contribution in [0.4, 0.5) is 0 Å². The zero-order chi connectivity index (χ0) is 15.2. The molecule has 1 saturated carbocycles. The fourth-order valence-electron chi connectivity index (χ4n) is 2.09. The number of carboxylic acids is 1. The van der Waals surface area contributed by atoms with Crippen LogP contribution in [0.2, 0.25) is 0 Å². The van der Waals surface area contributed by atoms with Gasteiger partial charge in [-0.25, -0.2) is 0 Å². The van der Waals surface area contributed by atoms with E-state index in [9.17, 15) is 9.59 Å². The van der Waals surface area contributed by atoms with Crippen molar-refractivity contribution in [2.75, 3.05) is 6.61 Å². The van der Waals surface area contributed by atoms with Gasteiger partial charge in [-0.1, -0.05) is 15.9 Å². The Morgan fingerprint density at radius 1 is 1.33 bits per heavy atom. The molecule has 1 aliphatic carbocycles. The highest BCUT2D eigenvalue weighted by Crippen LogP contribution is 2.34. The van der Waals surface area contributed by atoms with Gasteiger partial charge in [0.2, 0.25) is 5.91 Å². The number of carboxylic acid groups (broad SMARTS) is 1. The van der Waals surface area contributed by atoms with Crippen molar-refractivity contribution in [3.63, 3.8) is 0 Å². The number of hydrogen-bond acceptors (Lipinski definition) is 3. The first-order valence-electron chi connectivity index (χ1n) is 6.94. The molecule has 1 aromatic carbocycles. The molecule has 0 spiro atoms. The molecular formula is C15H18BrNO4. The maximum absolute atomic E-state index is 11.8. The predicted octanol–water partition coefficient (Wildman–Crippen LogP) is 2.59. The van der Waals surface area contributed by atoms with E-state index in [1.165, 1.54) is 0 Å². The van der Waals surface area contributed by atoms with Crippen LogP contribution < -0.4 is 10.1 Å². The third-order valence-corrected chi connectivity index (χ3v) is 3.87. The quantitative estimate of drug-likeness (QED) is 0.751. The third-order valence-electron chi connectivity index (χ3n) is 3.34. The molecule has 2 rings (SSSR count). The van der Waals surface area contributed by atoms with Gasteiger partial charge in [0.15, 0.2) is 0 Å². The second-order valence-corrected chi connectivity index (χ2v) is 6.08.